The third-order valence-electron chi connectivity index (χ3n) is 7.24. The molecule has 0 N–H and O–H groups in total. The zero-order chi connectivity index (χ0) is 18.6. The molecule has 4 aliphatic carbocycles. The summed E-state index contributed by atoms with van der Waals surface area (Å²) in [6.45, 7) is 0.192. The molecule has 142 valence electrons. The third-order valence-corrected chi connectivity index (χ3v) is 7.59. The van der Waals surface area contributed by atoms with Crippen LogP contribution < -0.4 is 0 Å². The molecular weight excluding hydrogens is 360 g/mol. The fourth-order valence-corrected chi connectivity index (χ4v) is 6.62. The second-order valence-corrected chi connectivity index (χ2v) is 9.41. The lowest BCUT2D eigenvalue weighted by Crippen LogP contribution is -2.57. The van der Waals surface area contributed by atoms with E-state index in [1.165, 1.54) is 24.8 Å². The summed E-state index contributed by atoms with van der Waals surface area (Å²) in [6, 6.07) is 10.8. The van der Waals surface area contributed by atoms with Crippen LogP contribution in [-0.4, -0.2) is 15.5 Å². The maximum Gasteiger partial charge on any atom is 0.312 e. The Morgan fingerprint density at radius 2 is 1.93 bits per heavy atom. The van der Waals surface area contributed by atoms with Gasteiger partial charge in [0, 0.05) is 7.05 Å². The summed E-state index contributed by atoms with van der Waals surface area (Å²) < 4.78 is 7.57. The van der Waals surface area contributed by atoms with Crippen LogP contribution >= 0.6 is 11.6 Å². The second-order valence-electron chi connectivity index (χ2n) is 9.02. The van der Waals surface area contributed by atoms with E-state index in [1.807, 2.05) is 7.05 Å². The SMILES string of the molecule is Cn1c(Cl)cnc1COC(=O)C12C[C@H]3C[C@H](C1)CC(c1ccccc1)(C3)C2. The lowest BCUT2D eigenvalue weighted by atomic mass is 9.43. The van der Waals surface area contributed by atoms with Crippen molar-refractivity contribution in [3.63, 3.8) is 0 Å². The zero-order valence-corrected chi connectivity index (χ0v) is 16.4. The summed E-state index contributed by atoms with van der Waals surface area (Å²) in [5, 5.41) is 0.555. The number of hydrogen-bond acceptors (Lipinski definition) is 3. The van der Waals surface area contributed by atoms with E-state index in [4.69, 9.17) is 16.3 Å². The zero-order valence-electron chi connectivity index (χ0n) is 15.7. The maximum atomic E-state index is 13.3. The molecule has 27 heavy (non-hydrogen) atoms. The summed E-state index contributed by atoms with van der Waals surface area (Å²) in [5.74, 6) is 1.94. The van der Waals surface area contributed by atoms with Crippen LogP contribution in [0.4, 0.5) is 0 Å². The molecule has 0 amide bonds. The van der Waals surface area contributed by atoms with Gasteiger partial charge >= 0.3 is 5.97 Å². The largest absolute Gasteiger partial charge is 0.457 e. The van der Waals surface area contributed by atoms with Crippen molar-refractivity contribution in [3.05, 3.63) is 53.1 Å². The predicted molar refractivity (Wildman–Crippen MR) is 103 cm³/mol. The number of imidazole rings is 1. The predicted octanol–water partition coefficient (Wildman–Crippen LogP) is 4.65. The Labute approximate surface area is 164 Å². The van der Waals surface area contributed by atoms with Crippen molar-refractivity contribution < 1.29 is 9.53 Å². The molecule has 4 bridgehead atoms. The molecule has 0 spiro atoms. The summed E-state index contributed by atoms with van der Waals surface area (Å²) >= 11 is 6.05. The van der Waals surface area contributed by atoms with Crippen LogP contribution in [-0.2, 0) is 28.6 Å². The molecule has 0 unspecified atom stereocenters. The fourth-order valence-electron chi connectivity index (χ4n) is 6.47. The number of halogens is 1. The maximum absolute atomic E-state index is 13.3. The van der Waals surface area contributed by atoms with Crippen LogP contribution in [0.1, 0.15) is 49.9 Å². The average Bonchev–Trinajstić information content (AvgIpc) is 2.98. The van der Waals surface area contributed by atoms with Gasteiger partial charge in [0.2, 0.25) is 0 Å². The van der Waals surface area contributed by atoms with Crippen molar-refractivity contribution in [2.75, 3.05) is 0 Å². The minimum absolute atomic E-state index is 0.0315. The summed E-state index contributed by atoms with van der Waals surface area (Å²) in [7, 11) is 1.84. The minimum atomic E-state index is -0.325. The van der Waals surface area contributed by atoms with E-state index >= 15 is 0 Å². The Hall–Kier alpha value is -1.81. The normalized spacial score (nSPS) is 34.0. The summed E-state index contributed by atoms with van der Waals surface area (Å²) in [5.41, 5.74) is 1.23. The van der Waals surface area contributed by atoms with Crippen LogP contribution in [0.25, 0.3) is 0 Å². The molecule has 4 nitrogen and oxygen atoms in total. The van der Waals surface area contributed by atoms with Gasteiger partial charge in [0.15, 0.2) is 0 Å². The van der Waals surface area contributed by atoms with E-state index in [0.717, 1.165) is 19.3 Å². The number of hydrogen-bond donors (Lipinski definition) is 0. The Bertz CT molecular complexity index is 862. The number of benzene rings is 1. The first kappa shape index (κ1) is 17.3. The highest BCUT2D eigenvalue weighted by Gasteiger charge is 2.61. The van der Waals surface area contributed by atoms with Gasteiger partial charge < -0.3 is 9.30 Å². The molecule has 5 heteroatoms. The van der Waals surface area contributed by atoms with Gasteiger partial charge in [-0.05, 0) is 61.3 Å². The van der Waals surface area contributed by atoms with E-state index in [-0.39, 0.29) is 23.4 Å². The Kier molecular flexibility index (Phi) is 3.91. The van der Waals surface area contributed by atoms with Gasteiger partial charge in [-0.3, -0.25) is 4.79 Å². The van der Waals surface area contributed by atoms with Crippen molar-refractivity contribution in [1.29, 1.82) is 0 Å². The number of nitrogens with zero attached hydrogens (tertiary/aromatic N) is 2. The minimum Gasteiger partial charge on any atom is -0.457 e. The van der Waals surface area contributed by atoms with Gasteiger partial charge in [-0.25, -0.2) is 4.98 Å². The first-order valence-electron chi connectivity index (χ1n) is 9.89. The van der Waals surface area contributed by atoms with Gasteiger partial charge in [0.1, 0.15) is 17.6 Å². The Morgan fingerprint density at radius 3 is 2.56 bits per heavy atom. The molecular formula is C22H25ClN2O2. The van der Waals surface area contributed by atoms with Crippen LogP contribution in [0.5, 0.6) is 0 Å². The highest BCUT2D eigenvalue weighted by molar-refractivity contribution is 6.29. The van der Waals surface area contributed by atoms with Gasteiger partial charge in [0.25, 0.3) is 0 Å². The topological polar surface area (TPSA) is 44.1 Å². The smallest absolute Gasteiger partial charge is 0.312 e. The van der Waals surface area contributed by atoms with Gasteiger partial charge in [-0.2, -0.15) is 0 Å². The molecule has 4 aliphatic rings. The van der Waals surface area contributed by atoms with Crippen LogP contribution in [0.15, 0.2) is 36.5 Å². The monoisotopic (exact) mass is 384 g/mol. The molecule has 4 fully saturated rings. The highest BCUT2D eigenvalue weighted by atomic mass is 35.5. The van der Waals surface area contributed by atoms with Crippen molar-refractivity contribution in [3.8, 4) is 0 Å². The van der Waals surface area contributed by atoms with E-state index in [0.29, 0.717) is 22.8 Å². The summed E-state index contributed by atoms with van der Waals surface area (Å²) in [6.07, 6.45) is 8.21. The molecule has 4 saturated carbocycles. The fraction of sp³-hybridized carbons (Fsp3) is 0.545. The number of esters is 1. The van der Waals surface area contributed by atoms with E-state index < -0.39 is 0 Å². The standard InChI is InChI=1S/C22H25ClN2O2/c1-25-18(23)12-24-19(25)13-27-20(26)22-10-15-7-16(11-22)9-21(8-15,14-22)17-5-3-2-4-6-17/h2-6,12,15-16H,7-11,13-14H2,1H3/t15-,16-,21?,22?/m0/s1. The molecule has 0 saturated heterocycles. The molecule has 1 heterocycles. The highest BCUT2D eigenvalue weighted by Crippen LogP contribution is 2.66. The average molecular weight is 385 g/mol. The number of aromatic nitrogens is 2. The molecule has 1 aromatic carbocycles. The number of carbonyl (C=O) groups is 1. The summed E-state index contributed by atoms with van der Waals surface area (Å²) in [4.78, 5) is 17.5. The number of carbonyl (C=O) groups excluding carboxylic acids is 1. The lowest BCUT2D eigenvalue weighted by molar-refractivity contribution is -0.175. The van der Waals surface area contributed by atoms with E-state index in [1.54, 1.807) is 10.8 Å². The van der Waals surface area contributed by atoms with Crippen molar-refractivity contribution in [1.82, 2.24) is 9.55 Å². The van der Waals surface area contributed by atoms with Gasteiger partial charge in [-0.1, -0.05) is 41.9 Å². The van der Waals surface area contributed by atoms with Crippen molar-refractivity contribution >= 4 is 17.6 Å². The van der Waals surface area contributed by atoms with E-state index in [2.05, 4.69) is 35.3 Å². The first-order valence-corrected chi connectivity index (χ1v) is 10.3. The number of ether oxygens (including phenoxy) is 1. The van der Waals surface area contributed by atoms with Crippen LogP contribution in [0.3, 0.4) is 0 Å². The Balaban J connectivity index is 1.40. The molecule has 6 rings (SSSR count). The molecule has 0 aliphatic heterocycles. The van der Waals surface area contributed by atoms with Crippen molar-refractivity contribution in [2.24, 2.45) is 24.3 Å². The van der Waals surface area contributed by atoms with E-state index in [9.17, 15) is 4.79 Å². The van der Waals surface area contributed by atoms with Crippen LogP contribution in [0.2, 0.25) is 5.15 Å². The lowest BCUT2D eigenvalue weighted by Gasteiger charge is -2.61. The quantitative estimate of drug-likeness (QED) is 0.720. The van der Waals surface area contributed by atoms with Gasteiger partial charge in [0.05, 0.1) is 11.6 Å². The molecule has 0 radical (unpaired) electrons. The molecule has 2 atom stereocenters. The van der Waals surface area contributed by atoms with Crippen LogP contribution in [0, 0.1) is 17.3 Å². The second kappa shape index (κ2) is 6.10. The molecule has 2 aromatic rings. The van der Waals surface area contributed by atoms with Gasteiger partial charge in [-0.15, -0.1) is 0 Å². The number of rotatable bonds is 4. The molecule has 1 aromatic heterocycles. The Morgan fingerprint density at radius 1 is 1.22 bits per heavy atom. The first-order chi connectivity index (χ1) is 13.0. The van der Waals surface area contributed by atoms with Crippen molar-refractivity contribution in [2.45, 2.75) is 50.5 Å². The third kappa shape index (κ3) is 2.72.